The van der Waals surface area contributed by atoms with Crippen LogP contribution in [0, 0.1) is 5.92 Å². The molecule has 0 saturated carbocycles. The number of nitrogens with one attached hydrogen (secondary N) is 1. The van der Waals surface area contributed by atoms with Gasteiger partial charge in [0.2, 0.25) is 0 Å². The summed E-state index contributed by atoms with van der Waals surface area (Å²) in [5, 5.41) is 3.20. The average molecular weight is 276 g/mol. The fourth-order valence-electron chi connectivity index (χ4n) is 2.84. The summed E-state index contributed by atoms with van der Waals surface area (Å²) in [4.78, 5) is 23.0. The third-order valence-corrected chi connectivity index (χ3v) is 3.82. The summed E-state index contributed by atoms with van der Waals surface area (Å²) >= 11 is 0. The fraction of sp³-hybridized carbons (Fsp3) is 0.667. The molecule has 0 aromatic carbocycles. The average Bonchev–Trinajstić information content (AvgIpc) is 2.47. The first kappa shape index (κ1) is 14.9. The molecule has 0 radical (unpaired) electrons. The molecule has 20 heavy (non-hydrogen) atoms. The van der Waals surface area contributed by atoms with Gasteiger partial charge in [0.15, 0.2) is 0 Å². The van der Waals surface area contributed by atoms with Gasteiger partial charge < -0.3 is 10.2 Å². The van der Waals surface area contributed by atoms with Crippen molar-refractivity contribution in [2.45, 2.75) is 32.6 Å². The van der Waals surface area contributed by atoms with Crippen molar-refractivity contribution in [2.24, 2.45) is 5.92 Å². The maximum absolute atomic E-state index is 12.7. The number of likely N-dealkylation sites (tertiary alicyclic amines) is 1. The van der Waals surface area contributed by atoms with Gasteiger partial charge in [-0.2, -0.15) is 0 Å². The molecule has 1 aromatic heterocycles. The number of carbonyl (C=O) groups is 1. The molecule has 5 nitrogen and oxygen atoms in total. The van der Waals surface area contributed by atoms with E-state index in [1.54, 1.807) is 6.20 Å². The van der Waals surface area contributed by atoms with E-state index < -0.39 is 0 Å². The lowest BCUT2D eigenvalue weighted by atomic mass is 9.96. The molecular formula is C15H24N4O. The van der Waals surface area contributed by atoms with Gasteiger partial charge in [-0.15, -0.1) is 0 Å². The molecule has 1 unspecified atom stereocenters. The Labute approximate surface area is 120 Å². The van der Waals surface area contributed by atoms with E-state index in [0.29, 0.717) is 11.5 Å². The van der Waals surface area contributed by atoms with Gasteiger partial charge in [-0.05, 0) is 38.3 Å². The van der Waals surface area contributed by atoms with E-state index in [9.17, 15) is 4.79 Å². The van der Waals surface area contributed by atoms with Crippen LogP contribution < -0.4 is 5.32 Å². The maximum Gasteiger partial charge on any atom is 0.257 e. The lowest BCUT2D eigenvalue weighted by Gasteiger charge is -2.33. The zero-order valence-electron chi connectivity index (χ0n) is 12.6. The molecule has 5 heteroatoms. The predicted octanol–water partition coefficient (Wildman–Crippen LogP) is 1.67. The molecule has 1 amide bonds. The minimum absolute atomic E-state index is 0.0788. The van der Waals surface area contributed by atoms with E-state index in [1.165, 1.54) is 12.7 Å². The first-order valence-electron chi connectivity index (χ1n) is 7.37. The number of hydrogen-bond donors (Lipinski definition) is 1. The number of piperidine rings is 1. The van der Waals surface area contributed by atoms with Crippen LogP contribution in [0.1, 0.15) is 48.7 Å². The van der Waals surface area contributed by atoms with Crippen LogP contribution in [0.25, 0.3) is 0 Å². The quantitative estimate of drug-likeness (QED) is 0.909. The van der Waals surface area contributed by atoms with Gasteiger partial charge in [-0.25, -0.2) is 9.97 Å². The Morgan fingerprint density at radius 2 is 2.35 bits per heavy atom. The van der Waals surface area contributed by atoms with Crippen LogP contribution >= 0.6 is 0 Å². The minimum Gasteiger partial charge on any atom is -0.338 e. The molecule has 1 saturated heterocycles. The Morgan fingerprint density at radius 3 is 3.05 bits per heavy atom. The Kier molecular flexibility index (Phi) is 5.06. The van der Waals surface area contributed by atoms with Crippen LogP contribution in [0.2, 0.25) is 0 Å². The third kappa shape index (κ3) is 3.33. The lowest BCUT2D eigenvalue weighted by molar-refractivity contribution is 0.0671. The normalized spacial score (nSPS) is 19.4. The smallest absolute Gasteiger partial charge is 0.257 e. The van der Waals surface area contributed by atoms with Crippen molar-refractivity contribution in [2.75, 3.05) is 26.7 Å². The second-order valence-corrected chi connectivity index (χ2v) is 5.79. The van der Waals surface area contributed by atoms with Gasteiger partial charge in [0.1, 0.15) is 6.33 Å². The molecule has 1 aromatic rings. The van der Waals surface area contributed by atoms with E-state index in [-0.39, 0.29) is 11.8 Å². The van der Waals surface area contributed by atoms with E-state index in [4.69, 9.17) is 0 Å². The topological polar surface area (TPSA) is 58.1 Å². The highest BCUT2D eigenvalue weighted by molar-refractivity contribution is 5.95. The van der Waals surface area contributed by atoms with Gasteiger partial charge in [-0.3, -0.25) is 4.79 Å². The first-order valence-corrected chi connectivity index (χ1v) is 7.37. The summed E-state index contributed by atoms with van der Waals surface area (Å²) in [6.07, 6.45) is 5.44. The predicted molar refractivity (Wildman–Crippen MR) is 78.7 cm³/mol. The Hall–Kier alpha value is -1.49. The van der Waals surface area contributed by atoms with Gasteiger partial charge in [0.25, 0.3) is 5.91 Å². The molecule has 0 aliphatic carbocycles. The molecule has 0 spiro atoms. The summed E-state index contributed by atoms with van der Waals surface area (Å²) in [5.74, 6) is 0.856. The van der Waals surface area contributed by atoms with Gasteiger partial charge in [-0.1, -0.05) is 13.8 Å². The number of nitrogens with zero attached hydrogens (tertiary/aromatic N) is 3. The Balaban J connectivity index is 2.15. The standard InChI is InChI=1S/C15H24N4O/c1-11(2)14-13(8-17-10-18-14)15(20)19-6-4-5-12(9-19)7-16-3/h8,10-12,16H,4-7,9H2,1-3H3. The van der Waals surface area contributed by atoms with Crippen molar-refractivity contribution < 1.29 is 4.79 Å². The molecule has 1 N–H and O–H groups in total. The van der Waals surface area contributed by atoms with Gasteiger partial charge >= 0.3 is 0 Å². The van der Waals surface area contributed by atoms with Crippen molar-refractivity contribution in [3.05, 3.63) is 23.8 Å². The van der Waals surface area contributed by atoms with Crippen molar-refractivity contribution in [1.82, 2.24) is 20.2 Å². The monoisotopic (exact) mass is 276 g/mol. The molecular weight excluding hydrogens is 252 g/mol. The summed E-state index contributed by atoms with van der Waals surface area (Å²) < 4.78 is 0. The summed E-state index contributed by atoms with van der Waals surface area (Å²) in [6.45, 7) is 6.74. The number of carbonyl (C=O) groups excluding carboxylic acids is 1. The molecule has 1 atom stereocenters. The van der Waals surface area contributed by atoms with E-state index >= 15 is 0 Å². The van der Waals surface area contributed by atoms with Crippen molar-refractivity contribution >= 4 is 5.91 Å². The first-order chi connectivity index (χ1) is 9.63. The zero-order chi connectivity index (χ0) is 14.5. The van der Waals surface area contributed by atoms with Gasteiger partial charge in [0, 0.05) is 19.3 Å². The van der Waals surface area contributed by atoms with E-state index in [0.717, 1.165) is 31.7 Å². The molecule has 0 bridgehead atoms. The van der Waals surface area contributed by atoms with Crippen LogP contribution in [0.15, 0.2) is 12.5 Å². The molecule has 1 aliphatic heterocycles. The maximum atomic E-state index is 12.7. The number of aromatic nitrogens is 2. The highest BCUT2D eigenvalue weighted by Gasteiger charge is 2.26. The molecule has 110 valence electrons. The number of rotatable bonds is 4. The van der Waals surface area contributed by atoms with Crippen LogP contribution in [0.3, 0.4) is 0 Å². The lowest BCUT2D eigenvalue weighted by Crippen LogP contribution is -2.42. The second-order valence-electron chi connectivity index (χ2n) is 5.79. The molecule has 2 rings (SSSR count). The van der Waals surface area contributed by atoms with E-state index in [1.807, 2.05) is 11.9 Å². The SMILES string of the molecule is CNCC1CCCN(C(=O)c2cncnc2C(C)C)C1. The largest absolute Gasteiger partial charge is 0.338 e. The van der Waals surface area contributed by atoms with E-state index in [2.05, 4.69) is 29.1 Å². The zero-order valence-corrected chi connectivity index (χ0v) is 12.6. The molecule has 1 fully saturated rings. The van der Waals surface area contributed by atoms with Crippen molar-refractivity contribution in [3.63, 3.8) is 0 Å². The number of hydrogen-bond acceptors (Lipinski definition) is 4. The Morgan fingerprint density at radius 1 is 1.55 bits per heavy atom. The highest BCUT2D eigenvalue weighted by Crippen LogP contribution is 2.21. The van der Waals surface area contributed by atoms with Crippen LogP contribution in [-0.4, -0.2) is 47.5 Å². The third-order valence-electron chi connectivity index (χ3n) is 3.82. The molecule has 1 aliphatic rings. The highest BCUT2D eigenvalue weighted by atomic mass is 16.2. The van der Waals surface area contributed by atoms with Crippen molar-refractivity contribution in [3.8, 4) is 0 Å². The van der Waals surface area contributed by atoms with Gasteiger partial charge in [0.05, 0.1) is 11.3 Å². The molecule has 2 heterocycles. The summed E-state index contributed by atoms with van der Waals surface area (Å²) in [6, 6.07) is 0. The van der Waals surface area contributed by atoms with Crippen LogP contribution in [0.5, 0.6) is 0 Å². The van der Waals surface area contributed by atoms with Crippen molar-refractivity contribution in [1.29, 1.82) is 0 Å². The minimum atomic E-state index is 0.0788. The summed E-state index contributed by atoms with van der Waals surface area (Å²) in [7, 11) is 1.96. The summed E-state index contributed by atoms with van der Waals surface area (Å²) in [5.41, 5.74) is 1.51. The Bertz CT molecular complexity index is 459. The fourth-order valence-corrected chi connectivity index (χ4v) is 2.84. The number of amides is 1. The van der Waals surface area contributed by atoms with Crippen LogP contribution in [-0.2, 0) is 0 Å². The second kappa shape index (κ2) is 6.79. The van der Waals surface area contributed by atoms with Crippen LogP contribution in [0.4, 0.5) is 0 Å².